The Labute approximate surface area is 166 Å². The van der Waals surface area contributed by atoms with Gasteiger partial charge in [0, 0.05) is 22.6 Å². The fraction of sp³-hybridized carbons (Fsp3) is 0.316. The Bertz CT molecular complexity index is 840. The second kappa shape index (κ2) is 7.94. The number of hydrogen-bond acceptors (Lipinski definition) is 5. The Morgan fingerprint density at radius 3 is 2.65 bits per heavy atom. The summed E-state index contributed by atoms with van der Waals surface area (Å²) in [6, 6.07) is 7.75. The van der Waals surface area contributed by atoms with Gasteiger partial charge in [-0.25, -0.2) is 4.98 Å². The van der Waals surface area contributed by atoms with E-state index in [1.807, 2.05) is 40.6 Å². The van der Waals surface area contributed by atoms with Crippen LogP contribution in [0.3, 0.4) is 0 Å². The first-order valence-corrected chi connectivity index (χ1v) is 10.7. The van der Waals surface area contributed by atoms with E-state index in [4.69, 9.17) is 11.6 Å². The van der Waals surface area contributed by atoms with Gasteiger partial charge in [0.2, 0.25) is 5.13 Å². The molecule has 2 heterocycles. The van der Waals surface area contributed by atoms with Crippen molar-refractivity contribution in [1.82, 2.24) is 9.88 Å². The third-order valence-corrected chi connectivity index (χ3v) is 6.46. The van der Waals surface area contributed by atoms with Crippen molar-refractivity contribution in [3.8, 4) is 0 Å². The van der Waals surface area contributed by atoms with E-state index in [-0.39, 0.29) is 11.9 Å². The Balaban J connectivity index is 1.67. The minimum atomic E-state index is 0.0483. The molecule has 1 saturated heterocycles. The van der Waals surface area contributed by atoms with E-state index in [2.05, 4.69) is 9.98 Å². The average molecular weight is 404 g/mol. The van der Waals surface area contributed by atoms with Gasteiger partial charge in [-0.2, -0.15) is 4.99 Å². The van der Waals surface area contributed by atoms with Crippen molar-refractivity contribution in [3.63, 3.8) is 0 Å². The minimum Gasteiger partial charge on any atom is -0.283 e. The summed E-state index contributed by atoms with van der Waals surface area (Å²) in [6.07, 6.45) is 9.32. The molecule has 1 amide bonds. The number of benzene rings is 1. The highest BCUT2D eigenvalue weighted by molar-refractivity contribution is 8.18. The molecule has 2 fully saturated rings. The van der Waals surface area contributed by atoms with Crippen LogP contribution in [0.25, 0.3) is 6.08 Å². The van der Waals surface area contributed by atoms with Crippen molar-refractivity contribution in [2.45, 2.75) is 38.1 Å². The fourth-order valence-corrected chi connectivity index (χ4v) is 5.02. The van der Waals surface area contributed by atoms with Crippen LogP contribution in [-0.2, 0) is 4.79 Å². The fourth-order valence-electron chi connectivity index (χ4n) is 3.29. The molecule has 1 aliphatic carbocycles. The second-order valence-corrected chi connectivity index (χ2v) is 8.66. The number of carbonyl (C=O) groups is 1. The van der Waals surface area contributed by atoms with Crippen molar-refractivity contribution in [2.75, 3.05) is 0 Å². The van der Waals surface area contributed by atoms with E-state index in [0.29, 0.717) is 15.1 Å². The van der Waals surface area contributed by atoms with E-state index in [1.54, 1.807) is 6.20 Å². The number of thioether (sulfide) groups is 1. The van der Waals surface area contributed by atoms with Crippen molar-refractivity contribution < 1.29 is 4.79 Å². The van der Waals surface area contributed by atoms with Gasteiger partial charge in [0.25, 0.3) is 5.91 Å². The Kier molecular flexibility index (Phi) is 5.43. The molecule has 26 heavy (non-hydrogen) atoms. The van der Waals surface area contributed by atoms with E-state index in [1.165, 1.54) is 42.4 Å². The minimum absolute atomic E-state index is 0.0483. The lowest BCUT2D eigenvalue weighted by atomic mass is 9.94. The summed E-state index contributed by atoms with van der Waals surface area (Å²) in [5.74, 6) is 0.0483. The third kappa shape index (κ3) is 3.87. The molecule has 0 bridgehead atoms. The zero-order chi connectivity index (χ0) is 17.9. The van der Waals surface area contributed by atoms with Crippen LogP contribution < -0.4 is 0 Å². The molecule has 1 saturated carbocycles. The van der Waals surface area contributed by atoms with Crippen LogP contribution in [0, 0.1) is 0 Å². The molecule has 0 spiro atoms. The zero-order valence-electron chi connectivity index (χ0n) is 14.1. The van der Waals surface area contributed by atoms with Gasteiger partial charge in [-0.15, -0.1) is 11.3 Å². The average Bonchev–Trinajstić information content (AvgIpc) is 3.27. The molecule has 0 N–H and O–H groups in total. The molecule has 0 atom stereocenters. The number of rotatable bonds is 3. The Morgan fingerprint density at radius 1 is 1.19 bits per heavy atom. The maximum absolute atomic E-state index is 13.1. The molecular weight excluding hydrogens is 386 g/mol. The van der Waals surface area contributed by atoms with Crippen molar-refractivity contribution in [3.05, 3.63) is 51.3 Å². The van der Waals surface area contributed by atoms with Crippen LogP contribution in [-0.4, -0.2) is 27.0 Å². The predicted octanol–water partition coefficient (Wildman–Crippen LogP) is 5.73. The number of halogens is 1. The number of aromatic nitrogens is 1. The summed E-state index contributed by atoms with van der Waals surface area (Å²) >= 11 is 8.88. The SMILES string of the molecule is O=C1/C(=C/c2ccc(Cl)cc2)S/C(=N/c2nccs2)N1C1CCCCC1. The van der Waals surface area contributed by atoms with Crippen LogP contribution >= 0.6 is 34.7 Å². The van der Waals surface area contributed by atoms with Gasteiger partial charge >= 0.3 is 0 Å². The lowest BCUT2D eigenvalue weighted by Crippen LogP contribution is -2.40. The summed E-state index contributed by atoms with van der Waals surface area (Å²) in [7, 11) is 0. The molecule has 1 aromatic carbocycles. The van der Waals surface area contributed by atoms with Gasteiger partial charge in [0.05, 0.1) is 4.91 Å². The number of nitrogens with zero attached hydrogens (tertiary/aromatic N) is 3. The van der Waals surface area contributed by atoms with Gasteiger partial charge in [-0.1, -0.05) is 43.0 Å². The molecular formula is C19H18ClN3OS2. The molecule has 2 aromatic rings. The van der Waals surface area contributed by atoms with E-state index in [0.717, 1.165) is 23.6 Å². The van der Waals surface area contributed by atoms with Gasteiger partial charge < -0.3 is 0 Å². The summed E-state index contributed by atoms with van der Waals surface area (Å²) in [5, 5.41) is 4.02. The lowest BCUT2D eigenvalue weighted by molar-refractivity contribution is -0.124. The molecule has 4 nitrogen and oxygen atoms in total. The number of aliphatic imine (C=N–C) groups is 1. The number of thiazole rings is 1. The molecule has 134 valence electrons. The Hall–Kier alpha value is -1.63. The smallest absolute Gasteiger partial charge is 0.267 e. The second-order valence-electron chi connectivity index (χ2n) is 6.34. The van der Waals surface area contributed by atoms with Gasteiger partial charge in [0.15, 0.2) is 5.17 Å². The lowest BCUT2D eigenvalue weighted by Gasteiger charge is -2.30. The topological polar surface area (TPSA) is 45.6 Å². The molecule has 0 unspecified atom stereocenters. The first-order chi connectivity index (χ1) is 12.7. The first-order valence-electron chi connectivity index (χ1n) is 8.67. The zero-order valence-corrected chi connectivity index (χ0v) is 16.5. The van der Waals surface area contributed by atoms with Gasteiger partial charge in [0.1, 0.15) is 0 Å². The highest BCUT2D eigenvalue weighted by atomic mass is 35.5. The number of amides is 1. The standard InChI is InChI=1S/C19H18ClN3OS2/c20-14-8-6-13(7-9-14)12-16-17(24)23(15-4-2-1-3-5-15)19(26-16)22-18-21-10-11-25-18/h6-12,15H,1-5H2/b16-12-,22-19+. The van der Waals surface area contributed by atoms with Crippen LogP contribution in [0.1, 0.15) is 37.7 Å². The number of amidine groups is 1. The monoisotopic (exact) mass is 403 g/mol. The van der Waals surface area contributed by atoms with Crippen LogP contribution in [0.5, 0.6) is 0 Å². The van der Waals surface area contributed by atoms with Crippen LogP contribution in [0.2, 0.25) is 5.02 Å². The largest absolute Gasteiger partial charge is 0.283 e. The molecule has 4 rings (SSSR count). The summed E-state index contributed by atoms with van der Waals surface area (Å²) in [4.78, 5) is 24.6. The van der Waals surface area contributed by atoms with E-state index >= 15 is 0 Å². The van der Waals surface area contributed by atoms with E-state index in [9.17, 15) is 4.79 Å². The molecule has 2 aliphatic rings. The molecule has 7 heteroatoms. The summed E-state index contributed by atoms with van der Waals surface area (Å²) < 4.78 is 0. The maximum Gasteiger partial charge on any atom is 0.267 e. The number of carbonyl (C=O) groups excluding carboxylic acids is 1. The van der Waals surface area contributed by atoms with Gasteiger partial charge in [-0.05, 0) is 48.4 Å². The predicted molar refractivity (Wildman–Crippen MR) is 110 cm³/mol. The molecule has 0 radical (unpaired) electrons. The highest BCUT2D eigenvalue weighted by Crippen LogP contribution is 2.38. The molecule has 1 aromatic heterocycles. The van der Waals surface area contributed by atoms with Crippen molar-refractivity contribution in [2.24, 2.45) is 4.99 Å². The van der Waals surface area contributed by atoms with E-state index < -0.39 is 0 Å². The number of hydrogen-bond donors (Lipinski definition) is 0. The van der Waals surface area contributed by atoms with Crippen molar-refractivity contribution >= 4 is 57.0 Å². The normalized spacial score (nSPS) is 21.9. The summed E-state index contributed by atoms with van der Waals surface area (Å²) in [6.45, 7) is 0. The molecule has 1 aliphatic heterocycles. The first kappa shape index (κ1) is 17.8. The van der Waals surface area contributed by atoms with Crippen LogP contribution in [0.4, 0.5) is 5.13 Å². The van der Waals surface area contributed by atoms with Gasteiger partial charge in [-0.3, -0.25) is 9.69 Å². The third-order valence-electron chi connectivity index (χ3n) is 4.56. The van der Waals surface area contributed by atoms with Crippen molar-refractivity contribution in [1.29, 1.82) is 0 Å². The summed E-state index contributed by atoms with van der Waals surface area (Å²) in [5.41, 5.74) is 0.962. The highest BCUT2D eigenvalue weighted by Gasteiger charge is 2.38. The quantitative estimate of drug-likeness (QED) is 0.614. The van der Waals surface area contributed by atoms with Crippen LogP contribution in [0.15, 0.2) is 45.7 Å². The Morgan fingerprint density at radius 2 is 1.96 bits per heavy atom. The maximum atomic E-state index is 13.1.